The van der Waals surface area contributed by atoms with Gasteiger partial charge in [-0.25, -0.2) is 0 Å². The van der Waals surface area contributed by atoms with Crippen molar-refractivity contribution in [1.82, 2.24) is 10.6 Å². The molecule has 0 aliphatic carbocycles. The van der Waals surface area contributed by atoms with E-state index in [0.717, 1.165) is 25.7 Å². The topological polar surface area (TPSA) is 76.7 Å². The number of amides is 2. The molecule has 10 heteroatoms. The maximum Gasteiger partial charge on any atom is 0.257 e. The SMILES string of the molecule is O=C(COc1ccc(Cl)cc1Cl)NCCCCCCNC(=O)COc1ccc(Cl)cc1Cl. The number of ether oxygens (including phenoxy) is 2. The van der Waals surface area contributed by atoms with Crippen LogP contribution in [0.2, 0.25) is 20.1 Å². The van der Waals surface area contributed by atoms with Crippen LogP contribution in [0.25, 0.3) is 0 Å². The van der Waals surface area contributed by atoms with E-state index in [1.165, 1.54) is 0 Å². The van der Waals surface area contributed by atoms with Crippen molar-refractivity contribution in [3.8, 4) is 11.5 Å². The number of hydrogen-bond donors (Lipinski definition) is 2. The van der Waals surface area contributed by atoms with Crippen LogP contribution in [-0.4, -0.2) is 38.1 Å². The summed E-state index contributed by atoms with van der Waals surface area (Å²) in [4.78, 5) is 23.7. The van der Waals surface area contributed by atoms with Crippen LogP contribution in [-0.2, 0) is 9.59 Å². The Morgan fingerprint density at radius 2 is 1.06 bits per heavy atom. The van der Waals surface area contributed by atoms with Gasteiger partial charge in [0.2, 0.25) is 0 Å². The standard InChI is InChI=1S/C22H24Cl4N2O4/c23-15-5-7-19(17(25)11-15)31-13-21(29)27-9-3-1-2-4-10-28-22(30)14-32-20-8-6-16(24)12-18(20)26/h5-8,11-12H,1-4,9-10,13-14H2,(H,27,29)(H,28,30). The number of halogens is 4. The molecule has 2 rings (SSSR count). The molecule has 2 N–H and O–H groups in total. The Morgan fingerprint density at radius 1 is 0.656 bits per heavy atom. The molecule has 0 aliphatic rings. The van der Waals surface area contributed by atoms with Crippen molar-refractivity contribution in [2.45, 2.75) is 25.7 Å². The molecule has 0 aromatic heterocycles. The number of unbranched alkanes of at least 4 members (excludes halogenated alkanes) is 3. The lowest BCUT2D eigenvalue weighted by atomic mass is 10.2. The van der Waals surface area contributed by atoms with Gasteiger partial charge in [0.05, 0.1) is 10.0 Å². The molecule has 2 aromatic rings. The highest BCUT2D eigenvalue weighted by Gasteiger charge is 2.07. The Bertz CT molecular complexity index is 838. The van der Waals surface area contributed by atoms with Crippen LogP contribution in [0, 0.1) is 0 Å². The molecule has 0 heterocycles. The van der Waals surface area contributed by atoms with E-state index in [-0.39, 0.29) is 25.0 Å². The van der Waals surface area contributed by atoms with E-state index < -0.39 is 0 Å². The maximum absolute atomic E-state index is 11.8. The Labute approximate surface area is 207 Å². The van der Waals surface area contributed by atoms with Crippen LogP contribution in [0.15, 0.2) is 36.4 Å². The molecular weight excluding hydrogens is 498 g/mol. The number of carbonyl (C=O) groups excluding carboxylic acids is 2. The summed E-state index contributed by atoms with van der Waals surface area (Å²) < 4.78 is 10.8. The molecule has 2 aromatic carbocycles. The zero-order chi connectivity index (χ0) is 23.3. The summed E-state index contributed by atoms with van der Waals surface area (Å²) in [6.07, 6.45) is 3.52. The zero-order valence-electron chi connectivity index (χ0n) is 17.3. The second-order valence-electron chi connectivity index (χ2n) is 6.84. The molecule has 0 bridgehead atoms. The van der Waals surface area contributed by atoms with E-state index in [1.54, 1.807) is 36.4 Å². The van der Waals surface area contributed by atoms with Gasteiger partial charge < -0.3 is 20.1 Å². The summed E-state index contributed by atoms with van der Waals surface area (Å²) in [6.45, 7) is 0.880. The molecule has 0 atom stereocenters. The molecule has 32 heavy (non-hydrogen) atoms. The van der Waals surface area contributed by atoms with Crippen molar-refractivity contribution in [2.75, 3.05) is 26.3 Å². The Morgan fingerprint density at radius 3 is 1.44 bits per heavy atom. The minimum Gasteiger partial charge on any atom is -0.482 e. The van der Waals surface area contributed by atoms with Crippen molar-refractivity contribution in [2.24, 2.45) is 0 Å². The van der Waals surface area contributed by atoms with E-state index in [2.05, 4.69) is 10.6 Å². The van der Waals surface area contributed by atoms with E-state index in [1.807, 2.05) is 0 Å². The third kappa shape index (κ3) is 10.2. The molecule has 0 fully saturated rings. The van der Waals surface area contributed by atoms with E-state index in [9.17, 15) is 9.59 Å². The van der Waals surface area contributed by atoms with Crippen LogP contribution in [0.3, 0.4) is 0 Å². The van der Waals surface area contributed by atoms with Crippen LogP contribution in [0.4, 0.5) is 0 Å². The highest BCUT2D eigenvalue weighted by molar-refractivity contribution is 6.36. The molecule has 174 valence electrons. The van der Waals surface area contributed by atoms with Crippen molar-refractivity contribution < 1.29 is 19.1 Å². The molecule has 0 radical (unpaired) electrons. The smallest absolute Gasteiger partial charge is 0.257 e. The van der Waals surface area contributed by atoms with Gasteiger partial charge in [-0.1, -0.05) is 59.2 Å². The predicted molar refractivity (Wildman–Crippen MR) is 128 cm³/mol. The third-order valence-electron chi connectivity index (χ3n) is 4.25. The quantitative estimate of drug-likeness (QED) is 0.339. The van der Waals surface area contributed by atoms with Gasteiger partial charge in [0.15, 0.2) is 13.2 Å². The fourth-order valence-corrected chi connectivity index (χ4v) is 3.56. The summed E-state index contributed by atoms with van der Waals surface area (Å²) in [5.74, 6) is 0.387. The van der Waals surface area contributed by atoms with Crippen LogP contribution in [0.5, 0.6) is 11.5 Å². The predicted octanol–water partition coefficient (Wildman–Crippen LogP) is 5.55. The van der Waals surface area contributed by atoms with Crippen LogP contribution >= 0.6 is 46.4 Å². The molecular formula is C22H24Cl4N2O4. The average molecular weight is 522 g/mol. The van der Waals surface area contributed by atoms with Crippen molar-refractivity contribution in [3.05, 3.63) is 56.5 Å². The van der Waals surface area contributed by atoms with Gasteiger partial charge in [0, 0.05) is 23.1 Å². The first kappa shape index (κ1) is 26.4. The maximum atomic E-state index is 11.8. The molecule has 0 aliphatic heterocycles. The van der Waals surface area contributed by atoms with E-state index in [0.29, 0.717) is 44.7 Å². The molecule has 0 saturated heterocycles. The van der Waals surface area contributed by atoms with Gasteiger partial charge in [-0.15, -0.1) is 0 Å². The second kappa shape index (κ2) is 14.3. The lowest BCUT2D eigenvalue weighted by Crippen LogP contribution is -2.30. The highest BCUT2D eigenvalue weighted by Crippen LogP contribution is 2.28. The van der Waals surface area contributed by atoms with Gasteiger partial charge in [-0.05, 0) is 49.2 Å². The highest BCUT2D eigenvalue weighted by atomic mass is 35.5. The molecule has 0 saturated carbocycles. The van der Waals surface area contributed by atoms with Gasteiger partial charge in [0.1, 0.15) is 11.5 Å². The first-order valence-electron chi connectivity index (χ1n) is 10.0. The van der Waals surface area contributed by atoms with E-state index in [4.69, 9.17) is 55.9 Å². The first-order valence-corrected chi connectivity index (χ1v) is 11.6. The Hall–Kier alpha value is -1.86. The lowest BCUT2D eigenvalue weighted by molar-refractivity contribution is -0.123. The van der Waals surface area contributed by atoms with Crippen LogP contribution < -0.4 is 20.1 Å². The third-order valence-corrected chi connectivity index (χ3v) is 5.31. The summed E-state index contributed by atoms with van der Waals surface area (Å²) in [7, 11) is 0. The minimum atomic E-state index is -0.218. The number of carbonyl (C=O) groups is 2. The summed E-state index contributed by atoms with van der Waals surface area (Å²) in [6, 6.07) is 9.64. The number of rotatable bonds is 13. The van der Waals surface area contributed by atoms with Crippen molar-refractivity contribution >= 4 is 58.2 Å². The molecule has 0 unspecified atom stereocenters. The van der Waals surface area contributed by atoms with Crippen LogP contribution in [0.1, 0.15) is 25.7 Å². The van der Waals surface area contributed by atoms with E-state index >= 15 is 0 Å². The summed E-state index contributed by atoms with van der Waals surface area (Å²) in [5.41, 5.74) is 0. The largest absolute Gasteiger partial charge is 0.482 e. The first-order chi connectivity index (χ1) is 15.3. The average Bonchev–Trinajstić information content (AvgIpc) is 2.74. The zero-order valence-corrected chi connectivity index (χ0v) is 20.3. The minimum absolute atomic E-state index is 0.114. The summed E-state index contributed by atoms with van der Waals surface area (Å²) >= 11 is 23.6. The van der Waals surface area contributed by atoms with Crippen molar-refractivity contribution in [3.63, 3.8) is 0 Å². The van der Waals surface area contributed by atoms with Gasteiger partial charge >= 0.3 is 0 Å². The Kier molecular flexibility index (Phi) is 11.8. The number of benzene rings is 2. The summed E-state index contributed by atoms with van der Waals surface area (Å²) in [5, 5.41) is 7.31. The monoisotopic (exact) mass is 520 g/mol. The molecule has 0 spiro atoms. The normalized spacial score (nSPS) is 10.5. The number of hydrogen-bond acceptors (Lipinski definition) is 4. The van der Waals surface area contributed by atoms with Gasteiger partial charge in [0.25, 0.3) is 11.8 Å². The van der Waals surface area contributed by atoms with Gasteiger partial charge in [-0.3, -0.25) is 9.59 Å². The fourth-order valence-electron chi connectivity index (χ4n) is 2.63. The van der Waals surface area contributed by atoms with Crippen molar-refractivity contribution in [1.29, 1.82) is 0 Å². The second-order valence-corrected chi connectivity index (χ2v) is 8.53. The number of nitrogens with one attached hydrogen (secondary N) is 2. The molecule has 6 nitrogen and oxygen atoms in total. The fraction of sp³-hybridized carbons (Fsp3) is 0.364. The lowest BCUT2D eigenvalue weighted by Gasteiger charge is -2.10. The Balaban J connectivity index is 1.46. The van der Waals surface area contributed by atoms with Gasteiger partial charge in [-0.2, -0.15) is 0 Å². The molecule has 2 amide bonds.